The van der Waals surface area contributed by atoms with Crippen molar-refractivity contribution in [2.75, 3.05) is 47.3 Å². The molecule has 20 atom stereocenters. The fourth-order valence-electron chi connectivity index (χ4n) is 9.09. The van der Waals surface area contributed by atoms with Gasteiger partial charge in [-0.3, -0.25) is 14.4 Å². The average Bonchev–Trinajstić information content (AvgIpc) is 3.38. The van der Waals surface area contributed by atoms with Gasteiger partial charge in [0.15, 0.2) is 30.4 Å². The molecule has 4 aliphatic rings. The Bertz CT molecular complexity index is 1990. The number of phenols is 1. The lowest BCUT2D eigenvalue weighted by Crippen LogP contribution is -2.71. The number of phenolic OH excluding ortho intramolecular Hbond substituents is 1. The molecule has 0 bridgehead atoms. The van der Waals surface area contributed by atoms with Gasteiger partial charge in [0.05, 0.1) is 52.8 Å². The summed E-state index contributed by atoms with van der Waals surface area (Å²) in [5.41, 5.74) is -0.130. The minimum atomic E-state index is -3.18. The van der Waals surface area contributed by atoms with E-state index in [0.29, 0.717) is 19.3 Å². The zero-order valence-corrected chi connectivity index (χ0v) is 41.4. The largest absolute Gasteiger partial charge is 0.504 e. The molecule has 0 aromatic heterocycles. The number of hydrogen-bond acceptors (Lipinski definition) is 26. The number of benzene rings is 1. The van der Waals surface area contributed by atoms with Crippen molar-refractivity contribution in [3.8, 4) is 11.5 Å². The third kappa shape index (κ3) is 15.4. The maximum atomic E-state index is 14.3. The van der Waals surface area contributed by atoms with E-state index in [9.17, 15) is 85.6 Å². The molecule has 75 heavy (non-hydrogen) atoms. The number of nitrogens with one attached hydrogen (secondary N) is 2. The Morgan fingerprint density at radius 2 is 1.41 bits per heavy atom. The summed E-state index contributed by atoms with van der Waals surface area (Å²) in [7, 11) is 2.53. The molecule has 0 radical (unpaired) electrons. The molecule has 1 aromatic rings. The summed E-state index contributed by atoms with van der Waals surface area (Å²) < 4.78 is 57.7. The van der Waals surface area contributed by atoms with Crippen molar-refractivity contribution < 1.29 is 133 Å². The maximum absolute atomic E-state index is 14.3. The average molecular weight is 1090 g/mol. The number of amides is 2. The van der Waals surface area contributed by atoms with Gasteiger partial charge in [0.2, 0.25) is 5.91 Å². The van der Waals surface area contributed by atoms with E-state index in [1.165, 1.54) is 26.4 Å². The van der Waals surface area contributed by atoms with Crippen molar-refractivity contribution in [1.82, 2.24) is 10.6 Å². The van der Waals surface area contributed by atoms with Crippen LogP contribution >= 0.6 is 0 Å². The summed E-state index contributed by atoms with van der Waals surface area (Å²) in [6.45, 7) is -2.78. The van der Waals surface area contributed by atoms with Crippen LogP contribution in [0.5, 0.6) is 11.5 Å². The van der Waals surface area contributed by atoms with Crippen LogP contribution < -0.4 is 15.4 Å². The van der Waals surface area contributed by atoms with Gasteiger partial charge in [-0.25, -0.2) is 4.79 Å². The van der Waals surface area contributed by atoms with Crippen molar-refractivity contribution in [3.05, 3.63) is 23.8 Å². The van der Waals surface area contributed by atoms with E-state index in [0.717, 1.165) is 32.3 Å². The smallest absolute Gasteiger partial charge is 0.364 e. The minimum Gasteiger partial charge on any atom is -0.504 e. The zero-order valence-electron chi connectivity index (χ0n) is 41.4. The van der Waals surface area contributed by atoms with E-state index >= 15 is 0 Å². The number of aromatic hydroxyl groups is 1. The zero-order chi connectivity index (χ0) is 55.3. The molecule has 29 nitrogen and oxygen atoms in total. The number of aliphatic hydroxyl groups excluding tert-OH is 11. The quantitative estimate of drug-likeness (QED) is 0.0304. The van der Waals surface area contributed by atoms with E-state index in [2.05, 4.69) is 15.4 Å². The van der Waals surface area contributed by atoms with Gasteiger partial charge in [-0.1, -0.05) is 25.7 Å². The highest BCUT2D eigenvalue weighted by Crippen LogP contribution is 2.39. The SMILES string of the molecule is COC(=O)CCCCCCCCO[C@@H]1OC(CO)[C@@H](OC2OC[C@@H](O)C(O)C2O)C(OC2OC(CO)[C@H](O)C(O[C@]3(C(=O)O)CC(O)[C@@H](NC(C)=O)C(C(O)C(O)CO)O3)C2O)C1NC(=O)c1ccc(O)c(OC)c1. The number of esters is 1. The normalized spacial score (nSPS) is 35.9. The molecule has 4 fully saturated rings. The predicted molar refractivity (Wildman–Crippen MR) is 245 cm³/mol. The highest BCUT2D eigenvalue weighted by Gasteiger charge is 2.61. The number of ether oxygens (including phenoxy) is 10. The Morgan fingerprint density at radius 3 is 2.04 bits per heavy atom. The number of carbonyl (C=O) groups is 4. The van der Waals surface area contributed by atoms with Crippen LogP contribution in [0.3, 0.4) is 0 Å². The number of hydrogen-bond donors (Lipinski definition) is 15. The molecule has 1 aromatic carbocycles. The lowest BCUT2D eigenvalue weighted by Gasteiger charge is -2.51. The Balaban J connectivity index is 1.54. The van der Waals surface area contributed by atoms with Gasteiger partial charge < -0.3 is 124 Å². The maximum Gasteiger partial charge on any atom is 0.364 e. The van der Waals surface area contributed by atoms with Crippen LogP contribution in [-0.4, -0.2) is 260 Å². The molecule has 4 saturated heterocycles. The van der Waals surface area contributed by atoms with Gasteiger partial charge in [-0.2, -0.15) is 0 Å². The number of aliphatic hydroxyl groups is 11. The van der Waals surface area contributed by atoms with Crippen molar-refractivity contribution in [1.29, 1.82) is 0 Å². The highest BCUT2D eigenvalue weighted by atomic mass is 16.8. The van der Waals surface area contributed by atoms with Crippen molar-refractivity contribution in [3.63, 3.8) is 0 Å². The number of methoxy groups -OCH3 is 2. The molecule has 15 N–H and O–H groups in total. The summed E-state index contributed by atoms with van der Waals surface area (Å²) in [4.78, 5) is 51.1. The molecule has 5 rings (SSSR count). The van der Waals surface area contributed by atoms with Gasteiger partial charge in [-0.15, -0.1) is 0 Å². The van der Waals surface area contributed by atoms with Crippen LogP contribution in [-0.2, 0) is 57.0 Å². The van der Waals surface area contributed by atoms with Gasteiger partial charge >= 0.3 is 11.9 Å². The number of rotatable bonds is 26. The number of carboxylic acid groups (broad SMARTS) is 1. The van der Waals surface area contributed by atoms with Crippen molar-refractivity contribution in [2.45, 2.75) is 180 Å². The Morgan fingerprint density at radius 1 is 0.760 bits per heavy atom. The summed E-state index contributed by atoms with van der Waals surface area (Å²) in [5, 5.41) is 145. The van der Waals surface area contributed by atoms with Crippen LogP contribution in [0.25, 0.3) is 0 Å². The van der Waals surface area contributed by atoms with E-state index in [-0.39, 0.29) is 36.1 Å². The second kappa shape index (κ2) is 28.5. The standard InChI is InChI=1S/C46H72N2O27/c1-20(52)47-30-23(54)15-46(45(64)65,74-38(30)33(59)24(55)16-49)75-40-34(60)27(17-50)70-44(36(40)62)73-39-31(48-41(63)21-11-12-22(53)26(14-21)66-2)42(68-13-9-7-5-4-6-8-10-29(57)67-3)71-28(18-51)37(39)72-43-35(61)32(58)25(56)19-69-43/h11-12,14,23-25,27-28,30-40,42-44,49-51,53-56,58-62H,4-10,13,15-19H2,1-3H3,(H,47,52)(H,48,63)(H,64,65)/t23?,24?,25-,27?,28?,30-,31?,32?,33?,34+,35?,36?,37-,38?,39?,40?,42-,43?,44?,46+/m1/s1. The number of unbranched alkanes of at least 4 members (excludes halogenated alkanes) is 5. The van der Waals surface area contributed by atoms with Gasteiger partial charge in [-0.05, 0) is 31.0 Å². The molecular formula is C46H72N2O27. The van der Waals surface area contributed by atoms with E-state index in [1.807, 2.05) is 0 Å². The number of aliphatic carboxylic acids is 1. The molecule has 29 heteroatoms. The second-order valence-corrected chi connectivity index (χ2v) is 18.5. The minimum absolute atomic E-state index is 0.0641. The Labute approximate surface area is 429 Å². The first-order valence-corrected chi connectivity index (χ1v) is 24.4. The summed E-state index contributed by atoms with van der Waals surface area (Å²) in [6.07, 6.45) is -30.3. The van der Waals surface area contributed by atoms with Crippen molar-refractivity contribution >= 4 is 23.8 Å². The fourth-order valence-corrected chi connectivity index (χ4v) is 9.09. The third-order valence-electron chi connectivity index (χ3n) is 13.2. The lowest BCUT2D eigenvalue weighted by molar-refractivity contribution is -0.388. The summed E-state index contributed by atoms with van der Waals surface area (Å²) in [6, 6.07) is 0.238. The van der Waals surface area contributed by atoms with Crippen molar-refractivity contribution in [2.24, 2.45) is 0 Å². The molecule has 428 valence electrons. The van der Waals surface area contributed by atoms with Crippen LogP contribution in [0.2, 0.25) is 0 Å². The molecule has 14 unspecified atom stereocenters. The topological polar surface area (TPSA) is 448 Å². The molecule has 0 spiro atoms. The first-order chi connectivity index (χ1) is 35.6. The molecule has 4 aliphatic heterocycles. The monoisotopic (exact) mass is 1080 g/mol. The van der Waals surface area contributed by atoms with E-state index < -0.39 is 173 Å². The Hall–Kier alpha value is -4.06. The summed E-state index contributed by atoms with van der Waals surface area (Å²) >= 11 is 0. The molecule has 2 amide bonds. The van der Waals surface area contributed by atoms with E-state index in [1.54, 1.807) is 0 Å². The Kier molecular flexibility index (Phi) is 23.5. The van der Waals surface area contributed by atoms with Gasteiger partial charge in [0.25, 0.3) is 11.7 Å². The van der Waals surface area contributed by atoms with Crippen LogP contribution in [0.4, 0.5) is 0 Å². The number of carbonyl (C=O) groups excluding carboxylic acids is 3. The lowest BCUT2D eigenvalue weighted by atomic mass is 9.88. The van der Waals surface area contributed by atoms with Gasteiger partial charge in [0.1, 0.15) is 85.4 Å². The molecular weight excluding hydrogens is 1010 g/mol. The molecule has 0 aliphatic carbocycles. The fraction of sp³-hybridized carbons (Fsp3) is 0.783. The first-order valence-electron chi connectivity index (χ1n) is 24.4. The van der Waals surface area contributed by atoms with Crippen LogP contribution in [0, 0.1) is 0 Å². The number of carboxylic acids is 1. The van der Waals surface area contributed by atoms with Crippen LogP contribution in [0.1, 0.15) is 68.6 Å². The van der Waals surface area contributed by atoms with Crippen LogP contribution in [0.15, 0.2) is 18.2 Å². The first kappa shape index (κ1) is 61.8. The second-order valence-electron chi connectivity index (χ2n) is 18.5. The molecule has 4 heterocycles. The summed E-state index contributed by atoms with van der Waals surface area (Å²) in [5.74, 6) is -7.73. The molecule has 0 saturated carbocycles. The third-order valence-corrected chi connectivity index (χ3v) is 13.2. The van der Waals surface area contributed by atoms with E-state index in [4.69, 9.17) is 42.6 Å². The highest BCUT2D eigenvalue weighted by molar-refractivity contribution is 5.95. The predicted octanol–water partition coefficient (Wildman–Crippen LogP) is -5.68. The van der Waals surface area contributed by atoms with Gasteiger partial charge in [0, 0.05) is 31.9 Å².